The van der Waals surface area contributed by atoms with Crippen LogP contribution in [0.1, 0.15) is 48.2 Å². The number of nitrogens with zero attached hydrogens (tertiary/aromatic N) is 2. The van der Waals surface area contributed by atoms with Crippen LogP contribution < -0.4 is 10.2 Å². The molecule has 4 rings (SSSR count). The highest BCUT2D eigenvalue weighted by molar-refractivity contribution is 6.26. The summed E-state index contributed by atoms with van der Waals surface area (Å²) in [6, 6.07) is 18.6. The molecule has 3 aromatic carbocycles. The number of benzene rings is 3. The smallest absolute Gasteiger partial charge is 0.259 e. The van der Waals surface area contributed by atoms with Gasteiger partial charge in [0.15, 0.2) is 0 Å². The predicted molar refractivity (Wildman–Crippen MR) is 135 cm³/mol. The first-order valence-electron chi connectivity index (χ1n) is 11.9. The second kappa shape index (κ2) is 10.1. The van der Waals surface area contributed by atoms with Gasteiger partial charge in [-0.05, 0) is 43.4 Å². The molecular weight excluding hydrogens is 426 g/mol. The molecule has 3 amide bonds. The molecule has 0 fully saturated rings. The standard InChI is InChI=1S/C28H31N3O3/c1-4-5-16-29-27(33)20(3)30(17-21-14-12-19(2)13-15-21)25(32)18-31-24-11-7-9-22-8-6-10-23(26(22)24)28(31)34/h6-15,20H,4-5,16-18H2,1-3H3,(H,29,33). The average Bonchev–Trinajstić information content (AvgIpc) is 3.11. The minimum atomic E-state index is -0.665. The molecule has 0 saturated carbocycles. The summed E-state index contributed by atoms with van der Waals surface area (Å²) in [5.74, 6) is -0.639. The fourth-order valence-electron chi connectivity index (χ4n) is 4.37. The van der Waals surface area contributed by atoms with Crippen molar-refractivity contribution in [3.63, 3.8) is 0 Å². The zero-order valence-corrected chi connectivity index (χ0v) is 20.0. The van der Waals surface area contributed by atoms with Gasteiger partial charge in [0.25, 0.3) is 5.91 Å². The number of carbonyl (C=O) groups excluding carboxylic acids is 3. The molecule has 0 spiro atoms. The minimum absolute atomic E-state index is 0.120. The van der Waals surface area contributed by atoms with E-state index in [2.05, 4.69) is 12.2 Å². The maximum absolute atomic E-state index is 13.6. The molecule has 0 radical (unpaired) electrons. The average molecular weight is 458 g/mol. The predicted octanol–water partition coefficient (Wildman–Crippen LogP) is 4.44. The van der Waals surface area contributed by atoms with Gasteiger partial charge in [0.1, 0.15) is 12.6 Å². The number of aryl methyl sites for hydroxylation is 1. The second-order valence-corrected chi connectivity index (χ2v) is 8.90. The van der Waals surface area contributed by atoms with Crippen LogP contribution in [0.2, 0.25) is 0 Å². The van der Waals surface area contributed by atoms with Crippen LogP contribution in [0, 0.1) is 6.92 Å². The van der Waals surface area contributed by atoms with Gasteiger partial charge in [0, 0.05) is 24.0 Å². The van der Waals surface area contributed by atoms with Crippen molar-refractivity contribution in [1.29, 1.82) is 0 Å². The molecule has 1 atom stereocenters. The van der Waals surface area contributed by atoms with Gasteiger partial charge in [-0.1, -0.05) is 67.4 Å². The third-order valence-electron chi connectivity index (χ3n) is 6.41. The lowest BCUT2D eigenvalue weighted by atomic mass is 10.1. The normalized spacial score (nSPS) is 13.3. The van der Waals surface area contributed by atoms with E-state index in [1.807, 2.05) is 61.5 Å². The van der Waals surface area contributed by atoms with Crippen LogP contribution in [0.25, 0.3) is 10.8 Å². The molecule has 0 saturated heterocycles. The van der Waals surface area contributed by atoms with Crippen LogP contribution in [0.4, 0.5) is 5.69 Å². The molecule has 6 nitrogen and oxygen atoms in total. The summed E-state index contributed by atoms with van der Waals surface area (Å²) in [4.78, 5) is 42.8. The van der Waals surface area contributed by atoms with Gasteiger partial charge >= 0.3 is 0 Å². The Balaban J connectivity index is 1.59. The molecule has 3 aromatic rings. The van der Waals surface area contributed by atoms with Crippen molar-refractivity contribution in [1.82, 2.24) is 10.2 Å². The lowest BCUT2D eigenvalue weighted by Gasteiger charge is -2.30. The van der Waals surface area contributed by atoms with Gasteiger partial charge in [0.2, 0.25) is 11.8 Å². The van der Waals surface area contributed by atoms with Crippen LogP contribution in [-0.4, -0.2) is 41.8 Å². The largest absolute Gasteiger partial charge is 0.354 e. The van der Waals surface area contributed by atoms with Crippen molar-refractivity contribution in [2.24, 2.45) is 0 Å². The van der Waals surface area contributed by atoms with Crippen LogP contribution in [-0.2, 0) is 16.1 Å². The molecule has 0 aromatic heterocycles. The zero-order valence-electron chi connectivity index (χ0n) is 20.0. The molecule has 6 heteroatoms. The van der Waals surface area contributed by atoms with Crippen molar-refractivity contribution >= 4 is 34.2 Å². The van der Waals surface area contributed by atoms with Gasteiger partial charge in [-0.25, -0.2) is 0 Å². The summed E-state index contributed by atoms with van der Waals surface area (Å²) < 4.78 is 0. The van der Waals surface area contributed by atoms with Gasteiger partial charge in [-0.2, -0.15) is 0 Å². The van der Waals surface area contributed by atoms with E-state index in [1.54, 1.807) is 17.9 Å². The van der Waals surface area contributed by atoms with Gasteiger partial charge < -0.3 is 10.2 Å². The van der Waals surface area contributed by atoms with E-state index in [0.717, 1.165) is 40.4 Å². The molecule has 0 bridgehead atoms. The summed E-state index contributed by atoms with van der Waals surface area (Å²) in [5, 5.41) is 4.78. The van der Waals surface area contributed by atoms with Crippen LogP contribution in [0.15, 0.2) is 60.7 Å². The van der Waals surface area contributed by atoms with Gasteiger partial charge in [-0.3, -0.25) is 19.3 Å². The summed E-state index contributed by atoms with van der Waals surface area (Å²) in [5.41, 5.74) is 3.41. The Labute approximate surface area is 200 Å². The highest BCUT2D eigenvalue weighted by atomic mass is 16.2. The molecule has 1 heterocycles. The van der Waals surface area contributed by atoms with Crippen molar-refractivity contribution in [2.45, 2.75) is 46.2 Å². The summed E-state index contributed by atoms with van der Waals surface area (Å²) in [6.07, 6.45) is 1.86. The number of nitrogens with one attached hydrogen (secondary N) is 1. The third-order valence-corrected chi connectivity index (χ3v) is 6.41. The van der Waals surface area contributed by atoms with E-state index in [1.165, 1.54) is 4.90 Å². The first-order chi connectivity index (χ1) is 16.4. The topological polar surface area (TPSA) is 69.7 Å². The maximum Gasteiger partial charge on any atom is 0.259 e. The summed E-state index contributed by atoms with van der Waals surface area (Å²) in [7, 11) is 0. The quantitative estimate of drug-likeness (QED) is 0.483. The van der Waals surface area contributed by atoms with E-state index in [9.17, 15) is 14.4 Å². The highest BCUT2D eigenvalue weighted by Gasteiger charge is 2.34. The molecule has 1 aliphatic heterocycles. The van der Waals surface area contributed by atoms with Crippen molar-refractivity contribution < 1.29 is 14.4 Å². The summed E-state index contributed by atoms with van der Waals surface area (Å²) >= 11 is 0. The molecule has 1 unspecified atom stereocenters. The maximum atomic E-state index is 13.6. The van der Waals surface area contributed by atoms with Gasteiger partial charge in [0.05, 0.1) is 5.69 Å². The number of anilines is 1. The first-order valence-corrected chi connectivity index (χ1v) is 11.9. The van der Waals surface area contributed by atoms with Crippen LogP contribution in [0.5, 0.6) is 0 Å². The fraction of sp³-hybridized carbons (Fsp3) is 0.321. The monoisotopic (exact) mass is 457 g/mol. The number of rotatable bonds is 9. The van der Waals surface area contributed by atoms with Crippen molar-refractivity contribution in [3.05, 3.63) is 77.4 Å². The second-order valence-electron chi connectivity index (χ2n) is 8.90. The lowest BCUT2D eigenvalue weighted by Crippen LogP contribution is -2.51. The summed E-state index contributed by atoms with van der Waals surface area (Å²) in [6.45, 7) is 6.57. The van der Waals surface area contributed by atoms with Crippen LogP contribution in [0.3, 0.4) is 0 Å². The Morgan fingerprint density at radius 3 is 2.44 bits per heavy atom. The van der Waals surface area contributed by atoms with Crippen molar-refractivity contribution in [2.75, 3.05) is 18.0 Å². The lowest BCUT2D eigenvalue weighted by molar-refractivity contribution is -0.139. The fourth-order valence-corrected chi connectivity index (χ4v) is 4.37. The molecule has 176 valence electrons. The zero-order chi connectivity index (χ0) is 24.2. The van der Waals surface area contributed by atoms with E-state index in [0.29, 0.717) is 18.7 Å². The number of hydrogen-bond acceptors (Lipinski definition) is 3. The number of carbonyl (C=O) groups is 3. The number of amides is 3. The van der Waals surface area contributed by atoms with Crippen molar-refractivity contribution in [3.8, 4) is 0 Å². The highest BCUT2D eigenvalue weighted by Crippen LogP contribution is 2.37. The van der Waals surface area contributed by atoms with E-state index >= 15 is 0 Å². The molecule has 1 aliphatic rings. The molecule has 34 heavy (non-hydrogen) atoms. The third kappa shape index (κ3) is 4.67. The Bertz CT molecular complexity index is 1210. The molecule has 0 aliphatic carbocycles. The van der Waals surface area contributed by atoms with Gasteiger partial charge in [-0.15, -0.1) is 0 Å². The Kier molecular flexibility index (Phi) is 6.96. The molecular formula is C28H31N3O3. The SMILES string of the molecule is CCCCNC(=O)C(C)N(Cc1ccc(C)cc1)C(=O)CN1C(=O)c2cccc3cccc1c23. The molecule has 1 N–H and O–H groups in total. The van der Waals surface area contributed by atoms with Crippen LogP contribution >= 0.6 is 0 Å². The Morgan fingerprint density at radius 2 is 1.74 bits per heavy atom. The minimum Gasteiger partial charge on any atom is -0.354 e. The number of hydrogen-bond donors (Lipinski definition) is 1. The number of unbranched alkanes of at least 4 members (excludes halogenated alkanes) is 1. The van der Waals surface area contributed by atoms with E-state index in [4.69, 9.17) is 0 Å². The van der Waals surface area contributed by atoms with E-state index < -0.39 is 6.04 Å². The van der Waals surface area contributed by atoms with E-state index in [-0.39, 0.29) is 24.3 Å². The Morgan fingerprint density at radius 1 is 1.03 bits per heavy atom. The Hall–Kier alpha value is -3.67. The first kappa shape index (κ1) is 23.5.